The van der Waals surface area contributed by atoms with Crippen molar-refractivity contribution in [2.45, 2.75) is 6.92 Å². The first-order chi connectivity index (χ1) is 11.7. The van der Waals surface area contributed by atoms with Gasteiger partial charge >= 0.3 is 0 Å². The predicted octanol–water partition coefficient (Wildman–Crippen LogP) is 3.77. The standard InChI is InChI=1S/C19H15N3O2/c1-12-4-6-14(7-5-12)22-18-10-16(23)17(24-18)9-13-11-21-19-15(13)3-2-8-20-19/h2-11,22H,1H3,(H,20,21)/b17-9+. The van der Waals surface area contributed by atoms with Crippen molar-refractivity contribution in [3.05, 3.63) is 77.6 Å². The quantitative estimate of drug-likeness (QED) is 0.722. The molecule has 0 aliphatic carbocycles. The van der Waals surface area contributed by atoms with Crippen molar-refractivity contribution in [2.24, 2.45) is 0 Å². The molecule has 24 heavy (non-hydrogen) atoms. The van der Waals surface area contributed by atoms with Crippen LogP contribution in [0.1, 0.15) is 11.1 Å². The number of ether oxygens (including phenoxy) is 1. The summed E-state index contributed by atoms with van der Waals surface area (Å²) in [6.07, 6.45) is 6.72. The second-order valence-corrected chi connectivity index (χ2v) is 5.62. The molecule has 0 radical (unpaired) electrons. The number of anilines is 1. The van der Waals surface area contributed by atoms with Crippen molar-refractivity contribution in [3.63, 3.8) is 0 Å². The van der Waals surface area contributed by atoms with Crippen LogP contribution in [0.25, 0.3) is 17.1 Å². The maximum atomic E-state index is 12.2. The number of aromatic amines is 1. The second kappa shape index (κ2) is 5.70. The lowest BCUT2D eigenvalue weighted by Crippen LogP contribution is -1.99. The van der Waals surface area contributed by atoms with E-state index in [1.807, 2.05) is 49.5 Å². The second-order valence-electron chi connectivity index (χ2n) is 5.62. The van der Waals surface area contributed by atoms with Crippen LogP contribution in [-0.4, -0.2) is 15.8 Å². The number of hydrogen-bond acceptors (Lipinski definition) is 4. The van der Waals surface area contributed by atoms with Crippen molar-refractivity contribution in [2.75, 3.05) is 5.32 Å². The van der Waals surface area contributed by atoms with Gasteiger partial charge in [-0.2, -0.15) is 0 Å². The Morgan fingerprint density at radius 3 is 2.88 bits per heavy atom. The maximum absolute atomic E-state index is 12.2. The summed E-state index contributed by atoms with van der Waals surface area (Å²) in [5.41, 5.74) is 3.69. The third-order valence-corrected chi connectivity index (χ3v) is 3.81. The van der Waals surface area contributed by atoms with Gasteiger partial charge in [-0.3, -0.25) is 4.79 Å². The van der Waals surface area contributed by atoms with Crippen molar-refractivity contribution < 1.29 is 9.53 Å². The molecule has 0 fully saturated rings. The van der Waals surface area contributed by atoms with E-state index < -0.39 is 0 Å². The molecular formula is C19H15N3O2. The van der Waals surface area contributed by atoms with Gasteiger partial charge in [-0.15, -0.1) is 0 Å². The molecule has 0 amide bonds. The number of hydrogen-bond donors (Lipinski definition) is 2. The SMILES string of the molecule is Cc1ccc(NC2=CC(=O)/C(=C\c3c[nH]c4ncccc34)O2)cc1. The molecule has 2 aromatic heterocycles. The number of carbonyl (C=O) groups is 1. The highest BCUT2D eigenvalue weighted by atomic mass is 16.5. The van der Waals surface area contributed by atoms with E-state index >= 15 is 0 Å². The Kier molecular flexibility index (Phi) is 3.39. The molecule has 118 valence electrons. The smallest absolute Gasteiger partial charge is 0.226 e. The first-order valence-electron chi connectivity index (χ1n) is 7.60. The number of nitrogens with one attached hydrogen (secondary N) is 2. The maximum Gasteiger partial charge on any atom is 0.226 e. The van der Waals surface area contributed by atoms with Gasteiger partial charge in [-0.1, -0.05) is 17.7 Å². The molecule has 0 atom stereocenters. The molecular weight excluding hydrogens is 302 g/mol. The summed E-state index contributed by atoms with van der Waals surface area (Å²) in [6.45, 7) is 2.02. The summed E-state index contributed by atoms with van der Waals surface area (Å²) in [7, 11) is 0. The number of aromatic nitrogens is 2. The zero-order chi connectivity index (χ0) is 16.5. The summed E-state index contributed by atoms with van der Waals surface area (Å²) in [5.74, 6) is 0.547. The number of benzene rings is 1. The van der Waals surface area contributed by atoms with E-state index in [-0.39, 0.29) is 11.5 Å². The van der Waals surface area contributed by atoms with Crippen molar-refractivity contribution in [1.82, 2.24) is 9.97 Å². The van der Waals surface area contributed by atoms with Crippen molar-refractivity contribution in [1.29, 1.82) is 0 Å². The molecule has 0 unspecified atom stereocenters. The van der Waals surface area contributed by atoms with Crippen LogP contribution in [0.4, 0.5) is 5.69 Å². The number of H-pyrrole nitrogens is 1. The average Bonchev–Trinajstić information content (AvgIpc) is 3.14. The highest BCUT2D eigenvalue weighted by Gasteiger charge is 2.21. The molecule has 0 spiro atoms. The Hall–Kier alpha value is -3.34. The Morgan fingerprint density at radius 2 is 2.04 bits per heavy atom. The average molecular weight is 317 g/mol. The fourth-order valence-corrected chi connectivity index (χ4v) is 2.57. The Labute approximate surface area is 138 Å². The number of fused-ring (bicyclic) bond motifs is 1. The van der Waals surface area contributed by atoms with Crippen LogP contribution in [-0.2, 0) is 9.53 Å². The largest absolute Gasteiger partial charge is 0.437 e. The van der Waals surface area contributed by atoms with Crippen LogP contribution in [0, 0.1) is 6.92 Å². The number of allylic oxidation sites excluding steroid dienone is 1. The van der Waals surface area contributed by atoms with Crippen molar-refractivity contribution >= 4 is 28.6 Å². The Morgan fingerprint density at radius 1 is 1.21 bits per heavy atom. The molecule has 0 saturated carbocycles. The number of aryl methyl sites for hydroxylation is 1. The Bertz CT molecular complexity index is 981. The molecule has 2 N–H and O–H groups in total. The number of rotatable bonds is 3. The van der Waals surface area contributed by atoms with E-state index in [0.717, 1.165) is 22.3 Å². The number of pyridine rings is 1. The van der Waals surface area contributed by atoms with E-state index in [4.69, 9.17) is 4.74 Å². The van der Waals surface area contributed by atoms with Crippen LogP contribution >= 0.6 is 0 Å². The minimum absolute atomic E-state index is 0.164. The predicted molar refractivity (Wildman–Crippen MR) is 93.0 cm³/mol. The summed E-state index contributed by atoms with van der Waals surface area (Å²) < 4.78 is 5.66. The van der Waals surface area contributed by atoms with Gasteiger partial charge in [0.1, 0.15) is 5.65 Å². The van der Waals surface area contributed by atoms with Gasteiger partial charge in [-0.05, 0) is 37.3 Å². The third kappa shape index (κ3) is 2.67. The van der Waals surface area contributed by atoms with Gasteiger partial charge in [-0.25, -0.2) is 4.98 Å². The molecule has 0 bridgehead atoms. The van der Waals surface area contributed by atoms with Gasteiger partial charge in [0, 0.05) is 29.0 Å². The summed E-state index contributed by atoms with van der Waals surface area (Å²) in [5, 5.41) is 4.05. The Balaban J connectivity index is 1.56. The highest BCUT2D eigenvalue weighted by Crippen LogP contribution is 2.25. The zero-order valence-corrected chi connectivity index (χ0v) is 13.0. The van der Waals surface area contributed by atoms with Gasteiger partial charge in [0.25, 0.3) is 0 Å². The van der Waals surface area contributed by atoms with Crippen LogP contribution in [0.15, 0.2) is 66.5 Å². The van der Waals surface area contributed by atoms with Crippen molar-refractivity contribution in [3.8, 4) is 0 Å². The third-order valence-electron chi connectivity index (χ3n) is 3.81. The molecule has 4 rings (SSSR count). The lowest BCUT2D eigenvalue weighted by Gasteiger charge is -2.07. The summed E-state index contributed by atoms with van der Waals surface area (Å²) in [4.78, 5) is 19.5. The lowest BCUT2D eigenvalue weighted by atomic mass is 10.2. The van der Waals surface area contributed by atoms with E-state index in [1.165, 1.54) is 11.6 Å². The molecule has 1 aromatic carbocycles. The number of nitrogens with zero attached hydrogens (tertiary/aromatic N) is 1. The van der Waals surface area contributed by atoms with Gasteiger partial charge in [0.15, 0.2) is 5.76 Å². The van der Waals surface area contributed by atoms with Gasteiger partial charge < -0.3 is 15.0 Å². The van der Waals surface area contributed by atoms with Crippen LogP contribution in [0.2, 0.25) is 0 Å². The molecule has 5 nitrogen and oxygen atoms in total. The first kappa shape index (κ1) is 14.3. The fraction of sp³-hybridized carbons (Fsp3) is 0.0526. The van der Waals surface area contributed by atoms with Gasteiger partial charge in [0.2, 0.25) is 11.7 Å². The van der Waals surface area contributed by atoms with E-state index in [2.05, 4.69) is 15.3 Å². The van der Waals surface area contributed by atoms with Gasteiger partial charge in [0.05, 0.1) is 6.08 Å². The monoisotopic (exact) mass is 317 g/mol. The molecule has 3 aromatic rings. The zero-order valence-electron chi connectivity index (χ0n) is 13.0. The fourth-order valence-electron chi connectivity index (χ4n) is 2.57. The highest BCUT2D eigenvalue weighted by molar-refractivity contribution is 6.09. The molecule has 0 saturated heterocycles. The van der Waals surface area contributed by atoms with E-state index in [0.29, 0.717) is 5.88 Å². The first-order valence-corrected chi connectivity index (χ1v) is 7.60. The normalized spacial score (nSPS) is 15.6. The van der Waals surface area contributed by atoms with E-state index in [9.17, 15) is 4.79 Å². The van der Waals surface area contributed by atoms with Crippen LogP contribution in [0.3, 0.4) is 0 Å². The summed E-state index contributed by atoms with van der Waals surface area (Å²) in [6, 6.07) is 11.7. The summed E-state index contributed by atoms with van der Waals surface area (Å²) >= 11 is 0. The molecule has 3 heterocycles. The molecule has 5 heteroatoms. The van der Waals surface area contributed by atoms with Crippen LogP contribution < -0.4 is 5.32 Å². The minimum Gasteiger partial charge on any atom is -0.437 e. The molecule has 1 aliphatic rings. The minimum atomic E-state index is -0.164. The number of ketones is 1. The van der Waals surface area contributed by atoms with E-state index in [1.54, 1.807) is 12.3 Å². The number of carbonyl (C=O) groups excluding carboxylic acids is 1. The lowest BCUT2D eigenvalue weighted by molar-refractivity contribution is -0.112. The van der Waals surface area contributed by atoms with Crippen LogP contribution in [0.5, 0.6) is 0 Å². The molecule has 1 aliphatic heterocycles. The topological polar surface area (TPSA) is 67.0 Å².